The minimum absolute atomic E-state index is 0.0556. The van der Waals surface area contributed by atoms with Crippen molar-refractivity contribution in [3.05, 3.63) is 0 Å². The molecule has 0 spiro atoms. The van der Waals surface area contributed by atoms with Crippen molar-refractivity contribution in [3.63, 3.8) is 0 Å². The predicted molar refractivity (Wildman–Crippen MR) is 98.0 cm³/mol. The molecule has 150 valence electrons. The van der Waals surface area contributed by atoms with Gasteiger partial charge >= 0.3 is 5.97 Å². The van der Waals surface area contributed by atoms with Gasteiger partial charge in [0, 0.05) is 31.7 Å². The van der Waals surface area contributed by atoms with Crippen LogP contribution in [-0.2, 0) is 28.8 Å². The molecule has 0 bridgehead atoms. The molecule has 2 fully saturated rings. The van der Waals surface area contributed by atoms with Crippen LogP contribution in [0.3, 0.4) is 0 Å². The first-order valence-electron chi connectivity index (χ1n) is 9.28. The zero-order valence-corrected chi connectivity index (χ0v) is 16.8. The van der Waals surface area contributed by atoms with Crippen LogP contribution in [0.4, 0.5) is 0 Å². The van der Waals surface area contributed by atoms with E-state index in [1.54, 1.807) is 6.92 Å². The van der Waals surface area contributed by atoms with Gasteiger partial charge < -0.3 is 4.84 Å². The molecule has 0 saturated carbocycles. The van der Waals surface area contributed by atoms with E-state index < -0.39 is 23.7 Å². The lowest BCUT2D eigenvalue weighted by Crippen LogP contribution is -2.33. The third kappa shape index (κ3) is 5.54. The van der Waals surface area contributed by atoms with Gasteiger partial charge in [-0.15, -0.1) is 16.8 Å². The highest BCUT2D eigenvalue weighted by Crippen LogP contribution is 2.28. The molecule has 0 radical (unpaired) electrons. The second kappa shape index (κ2) is 9.34. The summed E-state index contributed by atoms with van der Waals surface area (Å²) >= 11 is 1.51. The molecule has 0 N–H and O–H groups in total. The number of carbonyl (C=O) groups excluding carboxylic acids is 5. The lowest BCUT2D eigenvalue weighted by Gasteiger charge is -2.15. The Morgan fingerprint density at radius 3 is 2.37 bits per heavy atom. The van der Waals surface area contributed by atoms with E-state index in [4.69, 9.17) is 4.84 Å². The highest BCUT2D eigenvalue weighted by Gasteiger charge is 2.39. The molecular formula is C18H26N2O6S. The molecule has 2 saturated heterocycles. The third-order valence-corrected chi connectivity index (χ3v) is 5.66. The van der Waals surface area contributed by atoms with Crippen LogP contribution in [0.25, 0.3) is 0 Å². The van der Waals surface area contributed by atoms with Crippen molar-refractivity contribution >= 4 is 41.4 Å². The number of carbonyl (C=O) groups is 5. The summed E-state index contributed by atoms with van der Waals surface area (Å²) in [4.78, 5) is 65.4. The van der Waals surface area contributed by atoms with Crippen molar-refractivity contribution in [2.45, 2.75) is 69.8 Å². The number of amides is 4. The number of rotatable bonds is 9. The molecule has 8 nitrogen and oxygen atoms in total. The first kappa shape index (κ1) is 21.4. The van der Waals surface area contributed by atoms with Crippen LogP contribution in [0, 0.1) is 5.92 Å². The number of hydroxylamine groups is 2. The zero-order valence-electron chi connectivity index (χ0n) is 15.9. The number of hydrogen-bond donors (Lipinski definition) is 0. The second-order valence-corrected chi connectivity index (χ2v) is 8.95. The standard InChI is InChI=1S/C18H26N2O6S/c1-11(2)27-13-10-14(21)19(18(13)25)8-6-4-5-7-16(23)26-20-15(22)9-12(3)17(20)24/h11-13H,4-10H2,1-3H3. The molecule has 2 aliphatic heterocycles. The van der Waals surface area contributed by atoms with Gasteiger partial charge in [-0.1, -0.05) is 27.2 Å². The maximum Gasteiger partial charge on any atom is 0.333 e. The summed E-state index contributed by atoms with van der Waals surface area (Å²) in [5.74, 6) is -2.35. The van der Waals surface area contributed by atoms with Crippen LogP contribution in [0.5, 0.6) is 0 Å². The lowest BCUT2D eigenvalue weighted by molar-refractivity contribution is -0.198. The fourth-order valence-corrected chi connectivity index (χ4v) is 4.18. The van der Waals surface area contributed by atoms with E-state index in [1.165, 1.54) is 16.7 Å². The smallest absolute Gasteiger partial charge is 0.330 e. The average Bonchev–Trinajstić information content (AvgIpc) is 2.97. The third-order valence-electron chi connectivity index (χ3n) is 4.42. The maximum absolute atomic E-state index is 12.2. The van der Waals surface area contributed by atoms with Gasteiger partial charge in [0.2, 0.25) is 11.8 Å². The van der Waals surface area contributed by atoms with Gasteiger partial charge in [-0.05, 0) is 18.1 Å². The monoisotopic (exact) mass is 398 g/mol. The van der Waals surface area contributed by atoms with Crippen molar-refractivity contribution < 1.29 is 28.8 Å². The molecule has 0 aliphatic carbocycles. The summed E-state index contributed by atoms with van der Waals surface area (Å²) in [5.41, 5.74) is 0. The SMILES string of the molecule is CC(C)SC1CC(=O)N(CCCCCC(=O)ON2C(=O)CC(C)C2=O)C1=O. The Morgan fingerprint density at radius 1 is 1.07 bits per heavy atom. The molecule has 2 rings (SSSR count). The van der Waals surface area contributed by atoms with E-state index in [-0.39, 0.29) is 41.6 Å². The molecule has 0 aromatic carbocycles. The van der Waals surface area contributed by atoms with Crippen molar-refractivity contribution in [2.75, 3.05) is 6.54 Å². The van der Waals surface area contributed by atoms with Gasteiger partial charge in [0.15, 0.2) is 0 Å². The molecule has 0 aromatic heterocycles. The van der Waals surface area contributed by atoms with Crippen molar-refractivity contribution in [2.24, 2.45) is 5.92 Å². The van der Waals surface area contributed by atoms with E-state index in [9.17, 15) is 24.0 Å². The van der Waals surface area contributed by atoms with Crippen LogP contribution in [0.2, 0.25) is 0 Å². The van der Waals surface area contributed by atoms with Gasteiger partial charge in [-0.2, -0.15) is 0 Å². The predicted octanol–water partition coefficient (Wildman–Crippen LogP) is 1.67. The Labute approximate surface area is 162 Å². The molecule has 2 heterocycles. The molecule has 2 aliphatic rings. The summed E-state index contributed by atoms with van der Waals surface area (Å²) < 4.78 is 0. The normalized spacial score (nSPS) is 23.1. The Bertz CT molecular complexity index is 635. The first-order valence-corrected chi connectivity index (χ1v) is 10.2. The number of unbranched alkanes of at least 4 members (excludes halogenated alkanes) is 2. The molecule has 4 amide bonds. The molecule has 0 aromatic rings. The quantitative estimate of drug-likeness (QED) is 0.430. The fourth-order valence-electron chi connectivity index (χ4n) is 3.04. The van der Waals surface area contributed by atoms with Gasteiger partial charge in [-0.3, -0.25) is 24.1 Å². The molecule has 2 unspecified atom stereocenters. The largest absolute Gasteiger partial charge is 0.333 e. The van der Waals surface area contributed by atoms with Crippen molar-refractivity contribution in [1.82, 2.24) is 9.96 Å². The number of imide groups is 2. The summed E-state index contributed by atoms with van der Waals surface area (Å²) in [6.07, 6.45) is 2.10. The molecular weight excluding hydrogens is 372 g/mol. The van der Waals surface area contributed by atoms with Gasteiger partial charge in [0.25, 0.3) is 11.8 Å². The van der Waals surface area contributed by atoms with Crippen LogP contribution in [0.1, 0.15) is 59.3 Å². The van der Waals surface area contributed by atoms with Crippen LogP contribution < -0.4 is 0 Å². The van der Waals surface area contributed by atoms with E-state index in [1.807, 2.05) is 13.8 Å². The topological polar surface area (TPSA) is 101 Å². The average molecular weight is 398 g/mol. The van der Waals surface area contributed by atoms with E-state index in [0.717, 1.165) is 0 Å². The number of thioether (sulfide) groups is 1. The molecule has 9 heteroatoms. The second-order valence-electron chi connectivity index (χ2n) is 7.17. The van der Waals surface area contributed by atoms with E-state index >= 15 is 0 Å². The van der Waals surface area contributed by atoms with Crippen molar-refractivity contribution in [1.29, 1.82) is 0 Å². The van der Waals surface area contributed by atoms with Crippen LogP contribution in [-0.4, -0.2) is 56.6 Å². The van der Waals surface area contributed by atoms with Gasteiger partial charge in [0.1, 0.15) is 0 Å². The summed E-state index contributed by atoms with van der Waals surface area (Å²) in [6.45, 7) is 5.95. The minimum atomic E-state index is -0.632. The minimum Gasteiger partial charge on any atom is -0.330 e. The van der Waals surface area contributed by atoms with E-state index in [0.29, 0.717) is 30.9 Å². The molecule has 2 atom stereocenters. The highest BCUT2D eigenvalue weighted by atomic mass is 32.2. The van der Waals surface area contributed by atoms with Crippen LogP contribution >= 0.6 is 11.8 Å². The molecule has 27 heavy (non-hydrogen) atoms. The Kier molecular flexibility index (Phi) is 7.41. The Morgan fingerprint density at radius 2 is 1.78 bits per heavy atom. The number of likely N-dealkylation sites (tertiary alicyclic amines) is 1. The lowest BCUT2D eigenvalue weighted by atomic mass is 10.1. The maximum atomic E-state index is 12.2. The van der Waals surface area contributed by atoms with Gasteiger partial charge in [0.05, 0.1) is 5.25 Å². The fraction of sp³-hybridized carbons (Fsp3) is 0.722. The summed E-state index contributed by atoms with van der Waals surface area (Å²) in [5, 5.41) is 0.557. The van der Waals surface area contributed by atoms with Gasteiger partial charge in [-0.25, -0.2) is 4.79 Å². The zero-order chi connectivity index (χ0) is 20.1. The first-order chi connectivity index (χ1) is 12.7. The summed E-state index contributed by atoms with van der Waals surface area (Å²) in [7, 11) is 0. The number of nitrogens with zero attached hydrogens (tertiary/aromatic N) is 2. The Balaban J connectivity index is 1.65. The van der Waals surface area contributed by atoms with Crippen molar-refractivity contribution in [3.8, 4) is 0 Å². The van der Waals surface area contributed by atoms with Crippen LogP contribution in [0.15, 0.2) is 0 Å². The summed E-state index contributed by atoms with van der Waals surface area (Å²) in [6, 6.07) is 0. The number of hydrogen-bond acceptors (Lipinski definition) is 7. The Hall–Kier alpha value is -1.90. The van der Waals surface area contributed by atoms with E-state index in [2.05, 4.69) is 0 Å². The highest BCUT2D eigenvalue weighted by molar-refractivity contribution is 8.01.